The third-order valence-electron chi connectivity index (χ3n) is 2.43. The number of rotatable bonds is 5. The summed E-state index contributed by atoms with van der Waals surface area (Å²) >= 11 is 5.96. The Balaban J connectivity index is 3.11. The number of hydrogen-bond acceptors (Lipinski definition) is 5. The highest BCUT2D eigenvalue weighted by Gasteiger charge is 2.17. The first-order valence-electron chi connectivity index (χ1n) is 6.16. The maximum absolute atomic E-state index is 5.96. The van der Waals surface area contributed by atoms with E-state index >= 15 is 0 Å². The molecule has 1 aromatic rings. The summed E-state index contributed by atoms with van der Waals surface area (Å²) in [4.78, 5) is 16.8. The first-order valence-corrected chi connectivity index (χ1v) is 6.54. The van der Waals surface area contributed by atoms with Crippen molar-refractivity contribution in [2.45, 2.75) is 33.7 Å². The van der Waals surface area contributed by atoms with Crippen LogP contribution >= 0.6 is 11.6 Å². The molecule has 0 fully saturated rings. The van der Waals surface area contributed by atoms with Gasteiger partial charge in [-0.05, 0) is 31.4 Å². The maximum Gasteiger partial charge on any atom is 0.231 e. The molecule has 0 unspecified atom stereocenters. The molecule has 0 atom stereocenters. The minimum absolute atomic E-state index is 0.234. The van der Waals surface area contributed by atoms with Crippen molar-refractivity contribution < 1.29 is 0 Å². The predicted octanol–water partition coefficient (Wildman–Crippen LogP) is 2.46. The highest BCUT2D eigenvalue weighted by molar-refractivity contribution is 6.28. The minimum atomic E-state index is 0.234. The number of hydrogen-bond donors (Lipinski definition) is 0. The Labute approximate surface area is 114 Å². The van der Waals surface area contributed by atoms with Crippen LogP contribution in [-0.2, 0) is 0 Å². The molecule has 0 spiro atoms. The Kier molecular flexibility index (Phi) is 5.14. The van der Waals surface area contributed by atoms with Gasteiger partial charge in [-0.2, -0.15) is 15.0 Å². The summed E-state index contributed by atoms with van der Waals surface area (Å²) in [6.45, 7) is 9.48. The molecule has 0 saturated carbocycles. The highest BCUT2D eigenvalue weighted by atomic mass is 35.5. The largest absolute Gasteiger partial charge is 0.347 e. The molecule has 0 aliphatic heterocycles. The van der Waals surface area contributed by atoms with Crippen molar-refractivity contribution in [3.05, 3.63) is 5.28 Å². The average Bonchev–Trinajstić information content (AvgIpc) is 2.24. The predicted molar refractivity (Wildman–Crippen MR) is 76.5 cm³/mol. The summed E-state index contributed by atoms with van der Waals surface area (Å²) in [5.74, 6) is 1.76. The molecule has 0 bridgehead atoms. The molecule has 0 aliphatic rings. The van der Waals surface area contributed by atoms with E-state index < -0.39 is 0 Å². The Bertz CT molecular complexity index is 392. The highest BCUT2D eigenvalue weighted by Crippen LogP contribution is 2.18. The molecular formula is C12H22ClN5. The fraction of sp³-hybridized carbons (Fsp3) is 0.750. The summed E-state index contributed by atoms with van der Waals surface area (Å²) < 4.78 is 0. The second-order valence-corrected chi connectivity index (χ2v) is 5.58. The van der Waals surface area contributed by atoms with Crippen molar-refractivity contribution in [3.63, 3.8) is 0 Å². The first kappa shape index (κ1) is 15.0. The summed E-state index contributed by atoms with van der Waals surface area (Å²) in [5, 5.41) is 0.234. The lowest BCUT2D eigenvalue weighted by molar-refractivity contribution is 0.559. The van der Waals surface area contributed by atoms with Gasteiger partial charge in [0.2, 0.25) is 17.2 Å². The van der Waals surface area contributed by atoms with Gasteiger partial charge in [-0.15, -0.1) is 0 Å². The third kappa shape index (κ3) is 3.98. The van der Waals surface area contributed by atoms with Crippen molar-refractivity contribution in [1.82, 2.24) is 15.0 Å². The molecule has 0 aromatic carbocycles. The van der Waals surface area contributed by atoms with Gasteiger partial charge in [0, 0.05) is 26.7 Å². The van der Waals surface area contributed by atoms with Gasteiger partial charge in [0.15, 0.2) is 0 Å². The number of halogens is 1. The molecule has 0 saturated heterocycles. The van der Waals surface area contributed by atoms with Crippen molar-refractivity contribution in [1.29, 1.82) is 0 Å². The molecule has 1 heterocycles. The van der Waals surface area contributed by atoms with Gasteiger partial charge in [0.05, 0.1) is 0 Å². The number of aromatic nitrogens is 3. The quantitative estimate of drug-likeness (QED) is 0.823. The molecule has 18 heavy (non-hydrogen) atoms. The summed E-state index contributed by atoms with van der Waals surface area (Å²) in [7, 11) is 3.77. The molecule has 0 radical (unpaired) electrons. The van der Waals surface area contributed by atoms with Crippen LogP contribution in [0.4, 0.5) is 11.9 Å². The van der Waals surface area contributed by atoms with Gasteiger partial charge in [0.25, 0.3) is 0 Å². The lowest BCUT2D eigenvalue weighted by Gasteiger charge is -2.28. The second kappa shape index (κ2) is 6.18. The van der Waals surface area contributed by atoms with Gasteiger partial charge in [-0.3, -0.25) is 0 Å². The summed E-state index contributed by atoms with van der Waals surface area (Å²) in [5.41, 5.74) is 0. The van der Waals surface area contributed by atoms with Gasteiger partial charge in [-0.1, -0.05) is 13.8 Å². The molecule has 0 aliphatic carbocycles. The molecule has 6 heteroatoms. The Morgan fingerprint density at radius 2 is 1.56 bits per heavy atom. The minimum Gasteiger partial charge on any atom is -0.347 e. The molecule has 0 N–H and O–H groups in total. The number of nitrogens with zero attached hydrogens (tertiary/aromatic N) is 5. The van der Waals surface area contributed by atoms with E-state index in [4.69, 9.17) is 11.6 Å². The number of anilines is 2. The maximum atomic E-state index is 5.96. The van der Waals surface area contributed by atoms with Crippen LogP contribution in [0.15, 0.2) is 0 Å². The van der Waals surface area contributed by atoms with Crippen molar-refractivity contribution >= 4 is 23.5 Å². The Morgan fingerprint density at radius 1 is 1.00 bits per heavy atom. The molecule has 1 aromatic heterocycles. The van der Waals surface area contributed by atoms with Gasteiger partial charge >= 0.3 is 0 Å². The van der Waals surface area contributed by atoms with E-state index in [1.165, 1.54) is 0 Å². The van der Waals surface area contributed by atoms with Gasteiger partial charge in [-0.25, -0.2) is 0 Å². The standard InChI is InChI=1S/C12H22ClN5/c1-8(2)7-18(9(3)4)12-15-10(13)14-11(16-12)17(5)6/h8-9H,7H2,1-6H3. The van der Waals surface area contributed by atoms with E-state index in [1.807, 2.05) is 19.0 Å². The van der Waals surface area contributed by atoms with Crippen LogP contribution in [0.5, 0.6) is 0 Å². The van der Waals surface area contributed by atoms with Crippen LogP contribution in [0.2, 0.25) is 5.28 Å². The Hall–Kier alpha value is -1.10. The monoisotopic (exact) mass is 271 g/mol. The smallest absolute Gasteiger partial charge is 0.231 e. The van der Waals surface area contributed by atoms with Crippen LogP contribution in [0.3, 0.4) is 0 Å². The zero-order valence-corrected chi connectivity index (χ0v) is 12.7. The van der Waals surface area contributed by atoms with Crippen LogP contribution < -0.4 is 9.80 Å². The lowest BCUT2D eigenvalue weighted by Crippen LogP contribution is -2.36. The molecule has 5 nitrogen and oxygen atoms in total. The molecular weight excluding hydrogens is 250 g/mol. The first-order chi connectivity index (χ1) is 8.31. The van der Waals surface area contributed by atoms with E-state index in [1.54, 1.807) is 0 Å². The second-order valence-electron chi connectivity index (χ2n) is 5.24. The van der Waals surface area contributed by atoms with E-state index in [-0.39, 0.29) is 5.28 Å². The van der Waals surface area contributed by atoms with Crippen LogP contribution in [0.25, 0.3) is 0 Å². The third-order valence-corrected chi connectivity index (χ3v) is 2.60. The van der Waals surface area contributed by atoms with E-state index in [0.717, 1.165) is 6.54 Å². The van der Waals surface area contributed by atoms with E-state index in [0.29, 0.717) is 23.9 Å². The van der Waals surface area contributed by atoms with Crippen LogP contribution in [-0.4, -0.2) is 41.6 Å². The zero-order valence-electron chi connectivity index (χ0n) is 12.0. The van der Waals surface area contributed by atoms with Crippen LogP contribution in [0, 0.1) is 5.92 Å². The van der Waals surface area contributed by atoms with Gasteiger partial charge in [0.1, 0.15) is 0 Å². The SMILES string of the molecule is CC(C)CN(c1nc(Cl)nc(N(C)C)n1)C(C)C. The Morgan fingerprint density at radius 3 is 2.00 bits per heavy atom. The zero-order chi connectivity index (χ0) is 13.9. The fourth-order valence-electron chi connectivity index (χ4n) is 1.57. The summed E-state index contributed by atoms with van der Waals surface area (Å²) in [6, 6.07) is 0.320. The average molecular weight is 272 g/mol. The van der Waals surface area contributed by atoms with Crippen molar-refractivity contribution in [2.75, 3.05) is 30.4 Å². The normalized spacial score (nSPS) is 11.2. The van der Waals surface area contributed by atoms with Crippen LogP contribution in [0.1, 0.15) is 27.7 Å². The van der Waals surface area contributed by atoms with E-state index in [2.05, 4.69) is 47.5 Å². The molecule has 0 amide bonds. The van der Waals surface area contributed by atoms with Gasteiger partial charge < -0.3 is 9.80 Å². The topological polar surface area (TPSA) is 45.2 Å². The fourth-order valence-corrected chi connectivity index (χ4v) is 1.73. The van der Waals surface area contributed by atoms with E-state index in [9.17, 15) is 0 Å². The lowest BCUT2D eigenvalue weighted by atomic mass is 10.2. The van der Waals surface area contributed by atoms with Crippen molar-refractivity contribution in [3.8, 4) is 0 Å². The molecule has 1 rings (SSSR count). The summed E-state index contributed by atoms with van der Waals surface area (Å²) in [6.07, 6.45) is 0. The van der Waals surface area contributed by atoms with Crippen molar-refractivity contribution in [2.24, 2.45) is 5.92 Å². The molecule has 102 valence electrons.